The second-order valence-corrected chi connectivity index (χ2v) is 5.16. The van der Waals surface area contributed by atoms with E-state index in [0.717, 1.165) is 4.68 Å². The first-order chi connectivity index (χ1) is 8.77. The van der Waals surface area contributed by atoms with Crippen LogP contribution in [-0.4, -0.2) is 31.6 Å². The van der Waals surface area contributed by atoms with Gasteiger partial charge in [-0.2, -0.15) is 18.3 Å². The van der Waals surface area contributed by atoms with Gasteiger partial charge in [-0.25, -0.2) is 0 Å². The minimum Gasteiger partial charge on any atom is -0.379 e. The zero-order chi connectivity index (χ0) is 14.3. The van der Waals surface area contributed by atoms with Gasteiger partial charge in [-0.15, -0.1) is 0 Å². The molecule has 0 amide bonds. The van der Waals surface area contributed by atoms with Gasteiger partial charge >= 0.3 is 6.18 Å². The van der Waals surface area contributed by atoms with Crippen LogP contribution in [0.15, 0.2) is 22.9 Å². The largest absolute Gasteiger partial charge is 0.419 e. The van der Waals surface area contributed by atoms with Crippen LogP contribution in [0.1, 0.15) is 13.3 Å². The fourth-order valence-corrected chi connectivity index (χ4v) is 2.03. The second kappa shape index (κ2) is 4.75. The van der Waals surface area contributed by atoms with E-state index in [-0.39, 0.29) is 0 Å². The summed E-state index contributed by atoms with van der Waals surface area (Å²) in [6, 6.07) is 1.61. The molecule has 0 aliphatic rings. The number of aromatic nitrogens is 3. The summed E-state index contributed by atoms with van der Waals surface area (Å²) in [5.74, 6) is 0. The normalized spacial score (nSPS) is 15.7. The van der Waals surface area contributed by atoms with Crippen molar-refractivity contribution < 1.29 is 18.3 Å². The predicted molar refractivity (Wildman–Crippen MR) is 66.5 cm³/mol. The van der Waals surface area contributed by atoms with E-state index >= 15 is 0 Å². The van der Waals surface area contributed by atoms with Gasteiger partial charge in [0.15, 0.2) is 5.60 Å². The summed E-state index contributed by atoms with van der Waals surface area (Å²) in [6.45, 7) is 0.627. The number of halogens is 4. The highest BCUT2D eigenvalue weighted by atomic mass is 79.9. The van der Waals surface area contributed by atoms with E-state index in [2.05, 4.69) is 26.0 Å². The monoisotopic (exact) mass is 337 g/mol. The minimum atomic E-state index is -4.71. The average Bonchev–Trinajstić information content (AvgIpc) is 2.70. The Morgan fingerprint density at radius 1 is 1.37 bits per heavy atom. The van der Waals surface area contributed by atoms with E-state index in [0.29, 0.717) is 15.5 Å². The third kappa shape index (κ3) is 2.59. The number of alkyl halides is 3. The minimum absolute atomic E-state index is 0.436. The third-order valence-corrected chi connectivity index (χ3v) is 3.42. The molecule has 104 valence electrons. The van der Waals surface area contributed by atoms with Crippen LogP contribution in [0.4, 0.5) is 13.2 Å². The number of fused-ring (bicyclic) bond motifs is 1. The Balaban J connectivity index is 2.43. The van der Waals surface area contributed by atoms with E-state index in [1.54, 1.807) is 6.07 Å². The zero-order valence-electron chi connectivity index (χ0n) is 9.95. The van der Waals surface area contributed by atoms with Gasteiger partial charge in [-0.1, -0.05) is 6.92 Å². The maximum Gasteiger partial charge on any atom is 0.419 e. The van der Waals surface area contributed by atoms with Crippen molar-refractivity contribution in [3.05, 3.63) is 22.9 Å². The molecule has 4 nitrogen and oxygen atoms in total. The fraction of sp³-hybridized carbons (Fsp3) is 0.455. The third-order valence-electron chi connectivity index (χ3n) is 2.99. The summed E-state index contributed by atoms with van der Waals surface area (Å²) in [4.78, 5) is 4.03. The van der Waals surface area contributed by atoms with Gasteiger partial charge in [-0.05, 0) is 28.4 Å². The lowest BCUT2D eigenvalue weighted by molar-refractivity contribution is -0.266. The van der Waals surface area contributed by atoms with Crippen molar-refractivity contribution in [1.29, 1.82) is 0 Å². The number of nitrogens with zero attached hydrogens (tertiary/aromatic N) is 3. The summed E-state index contributed by atoms with van der Waals surface area (Å²) in [5, 5.41) is 13.6. The van der Waals surface area contributed by atoms with E-state index < -0.39 is 24.7 Å². The van der Waals surface area contributed by atoms with Crippen molar-refractivity contribution in [2.75, 3.05) is 0 Å². The Bertz CT molecular complexity index is 598. The van der Waals surface area contributed by atoms with Crippen LogP contribution in [0.2, 0.25) is 0 Å². The molecule has 8 heteroatoms. The maximum absolute atomic E-state index is 12.9. The van der Waals surface area contributed by atoms with Crippen LogP contribution in [-0.2, 0) is 6.54 Å². The number of hydrogen-bond donors (Lipinski definition) is 1. The smallest absolute Gasteiger partial charge is 0.379 e. The Hall–Kier alpha value is -1.15. The lowest BCUT2D eigenvalue weighted by atomic mass is 10.0. The molecule has 0 saturated heterocycles. The first-order valence-corrected chi connectivity index (χ1v) is 6.32. The maximum atomic E-state index is 12.9. The summed E-state index contributed by atoms with van der Waals surface area (Å²) < 4.78 is 40.3. The molecule has 1 unspecified atom stereocenters. The lowest BCUT2D eigenvalue weighted by Crippen LogP contribution is -2.48. The highest BCUT2D eigenvalue weighted by Gasteiger charge is 2.52. The lowest BCUT2D eigenvalue weighted by Gasteiger charge is -2.29. The number of rotatable bonds is 3. The number of aliphatic hydroxyl groups is 1. The van der Waals surface area contributed by atoms with Crippen molar-refractivity contribution in [3.8, 4) is 0 Å². The molecule has 0 fully saturated rings. The number of pyridine rings is 1. The molecule has 1 N–H and O–H groups in total. The van der Waals surface area contributed by atoms with E-state index in [4.69, 9.17) is 0 Å². The van der Waals surface area contributed by atoms with Gasteiger partial charge in [0.05, 0.1) is 18.3 Å². The van der Waals surface area contributed by atoms with Gasteiger partial charge in [0.25, 0.3) is 0 Å². The fourth-order valence-electron chi connectivity index (χ4n) is 1.71. The van der Waals surface area contributed by atoms with Gasteiger partial charge < -0.3 is 5.11 Å². The summed E-state index contributed by atoms with van der Waals surface area (Å²) in [7, 11) is 0. The molecule has 0 radical (unpaired) electrons. The van der Waals surface area contributed by atoms with Crippen LogP contribution < -0.4 is 0 Å². The van der Waals surface area contributed by atoms with Gasteiger partial charge in [0.2, 0.25) is 0 Å². The van der Waals surface area contributed by atoms with Crippen molar-refractivity contribution in [1.82, 2.24) is 14.8 Å². The Morgan fingerprint density at radius 3 is 2.63 bits per heavy atom. The SMILES string of the molecule is CCC(O)(Cn1ncc2ncc(Br)cc21)C(F)(F)F. The molecular formula is C11H11BrF3N3O. The molecule has 0 aromatic carbocycles. The van der Waals surface area contributed by atoms with Crippen molar-refractivity contribution >= 4 is 27.0 Å². The molecular weight excluding hydrogens is 327 g/mol. The van der Waals surface area contributed by atoms with E-state index in [1.807, 2.05) is 0 Å². The first-order valence-electron chi connectivity index (χ1n) is 5.53. The molecule has 2 aromatic rings. The molecule has 2 rings (SSSR count). The molecule has 0 aliphatic carbocycles. The van der Waals surface area contributed by atoms with Gasteiger partial charge in [0.1, 0.15) is 5.52 Å². The van der Waals surface area contributed by atoms with Crippen LogP contribution in [0.25, 0.3) is 11.0 Å². The van der Waals surface area contributed by atoms with E-state index in [1.165, 1.54) is 19.3 Å². The van der Waals surface area contributed by atoms with Crippen LogP contribution in [0, 0.1) is 0 Å². The molecule has 1 atom stereocenters. The quantitative estimate of drug-likeness (QED) is 0.936. The van der Waals surface area contributed by atoms with Crippen molar-refractivity contribution in [2.45, 2.75) is 31.7 Å². The van der Waals surface area contributed by atoms with E-state index in [9.17, 15) is 18.3 Å². The highest BCUT2D eigenvalue weighted by molar-refractivity contribution is 9.10. The first kappa shape index (κ1) is 14.3. The Labute approximate surface area is 115 Å². The van der Waals surface area contributed by atoms with Crippen LogP contribution >= 0.6 is 15.9 Å². The molecule has 0 bridgehead atoms. The zero-order valence-corrected chi connectivity index (χ0v) is 11.5. The second-order valence-electron chi connectivity index (χ2n) is 4.24. The topological polar surface area (TPSA) is 50.9 Å². The van der Waals surface area contributed by atoms with Crippen LogP contribution in [0.3, 0.4) is 0 Å². The van der Waals surface area contributed by atoms with Crippen molar-refractivity contribution in [2.24, 2.45) is 0 Å². The van der Waals surface area contributed by atoms with Gasteiger partial charge in [-0.3, -0.25) is 9.67 Å². The summed E-state index contributed by atoms with van der Waals surface area (Å²) in [5.41, 5.74) is -1.89. The summed E-state index contributed by atoms with van der Waals surface area (Å²) in [6.07, 6.45) is -2.25. The molecule has 2 heterocycles. The summed E-state index contributed by atoms with van der Waals surface area (Å²) >= 11 is 3.20. The standard InChI is InChI=1S/C11H11BrF3N3O/c1-2-10(19,11(13,14)15)6-18-9-3-7(12)4-16-8(9)5-17-18/h3-5,19H,2,6H2,1H3. The Morgan fingerprint density at radius 2 is 2.05 bits per heavy atom. The molecule has 0 saturated carbocycles. The molecule has 0 aliphatic heterocycles. The molecule has 2 aromatic heterocycles. The average molecular weight is 338 g/mol. The van der Waals surface area contributed by atoms with Gasteiger partial charge in [0, 0.05) is 10.7 Å². The predicted octanol–water partition coefficient (Wildman–Crippen LogP) is 2.90. The number of hydrogen-bond acceptors (Lipinski definition) is 3. The molecule has 19 heavy (non-hydrogen) atoms. The molecule has 0 spiro atoms. The van der Waals surface area contributed by atoms with Crippen molar-refractivity contribution in [3.63, 3.8) is 0 Å². The van der Waals surface area contributed by atoms with Crippen LogP contribution in [0.5, 0.6) is 0 Å². The Kier molecular flexibility index (Phi) is 3.57. The highest BCUT2D eigenvalue weighted by Crippen LogP contribution is 2.35.